The van der Waals surface area contributed by atoms with Gasteiger partial charge in [-0.1, -0.05) is 0 Å². The van der Waals surface area contributed by atoms with Gasteiger partial charge in [-0.25, -0.2) is 0 Å². The van der Waals surface area contributed by atoms with Gasteiger partial charge in [0.1, 0.15) is 11.4 Å². The lowest BCUT2D eigenvalue weighted by Crippen LogP contribution is -2.46. The Kier molecular flexibility index (Phi) is 4.63. The lowest BCUT2D eigenvalue weighted by molar-refractivity contribution is -0.141. The summed E-state index contributed by atoms with van der Waals surface area (Å²) in [5.74, 6) is -0.375. The summed E-state index contributed by atoms with van der Waals surface area (Å²) in [5.41, 5.74) is 2.53. The van der Waals surface area contributed by atoms with Crippen LogP contribution in [0.25, 0.3) is 5.82 Å². The van der Waals surface area contributed by atoms with Crippen LogP contribution in [0.1, 0.15) is 28.2 Å². The van der Waals surface area contributed by atoms with Crippen LogP contribution in [-0.2, 0) is 16.6 Å². The first-order chi connectivity index (χ1) is 11.9. The number of carboxylic acid groups (broad SMARTS) is 1. The number of aromatic nitrogens is 3. The Morgan fingerprint density at radius 3 is 2.64 bits per heavy atom. The second kappa shape index (κ2) is 6.72. The molecule has 1 atom stereocenters. The topological polar surface area (TPSA) is 89.6 Å². The van der Waals surface area contributed by atoms with Crippen LogP contribution in [0.5, 0.6) is 0 Å². The molecule has 25 heavy (non-hydrogen) atoms. The van der Waals surface area contributed by atoms with Crippen molar-refractivity contribution in [1.82, 2.24) is 19.2 Å². The van der Waals surface area contributed by atoms with Crippen molar-refractivity contribution < 1.29 is 19.4 Å². The molecule has 3 rings (SSSR count). The van der Waals surface area contributed by atoms with Crippen LogP contribution in [0.15, 0.2) is 18.3 Å². The number of amides is 1. The summed E-state index contributed by atoms with van der Waals surface area (Å²) in [5, 5.41) is 13.2. The number of rotatable bonds is 4. The molecule has 1 amide bonds. The summed E-state index contributed by atoms with van der Waals surface area (Å²) < 4.78 is 9.13. The van der Waals surface area contributed by atoms with Crippen LogP contribution in [0.3, 0.4) is 0 Å². The number of ether oxygens (including phenoxy) is 1. The Morgan fingerprint density at radius 1 is 1.32 bits per heavy atom. The van der Waals surface area contributed by atoms with Gasteiger partial charge in [0.05, 0.1) is 25.3 Å². The van der Waals surface area contributed by atoms with E-state index in [9.17, 15) is 9.59 Å². The second-order valence-electron chi connectivity index (χ2n) is 6.30. The average molecular weight is 346 g/mol. The van der Waals surface area contributed by atoms with E-state index >= 15 is 0 Å². The molecular formula is C17H22N4O4. The van der Waals surface area contributed by atoms with Crippen molar-refractivity contribution in [2.24, 2.45) is 7.05 Å². The SMILES string of the molecule is Cc1ccc(C)n1-c1c(C(=O)N2CCOC(CC(=O)O)C2)cnn1C. The molecule has 1 N–H and O–H groups in total. The zero-order chi connectivity index (χ0) is 18.1. The van der Waals surface area contributed by atoms with Crippen molar-refractivity contribution >= 4 is 11.9 Å². The minimum atomic E-state index is -0.931. The second-order valence-corrected chi connectivity index (χ2v) is 6.30. The number of carboxylic acids is 1. The van der Waals surface area contributed by atoms with Crippen molar-refractivity contribution in [1.29, 1.82) is 0 Å². The quantitative estimate of drug-likeness (QED) is 0.897. The summed E-state index contributed by atoms with van der Waals surface area (Å²) in [6, 6.07) is 3.99. The van der Waals surface area contributed by atoms with E-state index in [2.05, 4.69) is 5.10 Å². The van der Waals surface area contributed by atoms with Crippen LogP contribution in [-0.4, -0.2) is 62.0 Å². The highest BCUT2D eigenvalue weighted by Gasteiger charge is 2.29. The Hall–Kier alpha value is -2.61. The first-order valence-corrected chi connectivity index (χ1v) is 8.18. The van der Waals surface area contributed by atoms with Gasteiger partial charge in [0.15, 0.2) is 0 Å². The molecule has 3 heterocycles. The van der Waals surface area contributed by atoms with Crippen LogP contribution in [0, 0.1) is 13.8 Å². The van der Waals surface area contributed by atoms with E-state index in [1.165, 1.54) is 0 Å². The van der Waals surface area contributed by atoms with E-state index in [0.29, 0.717) is 24.5 Å². The molecule has 1 saturated heterocycles. The van der Waals surface area contributed by atoms with Crippen LogP contribution in [0.4, 0.5) is 0 Å². The van der Waals surface area contributed by atoms with Gasteiger partial charge in [0.25, 0.3) is 5.91 Å². The van der Waals surface area contributed by atoms with Gasteiger partial charge in [-0.2, -0.15) is 5.10 Å². The average Bonchev–Trinajstić information content (AvgIpc) is 3.08. The summed E-state index contributed by atoms with van der Waals surface area (Å²) in [4.78, 5) is 25.6. The molecular weight excluding hydrogens is 324 g/mol. The summed E-state index contributed by atoms with van der Waals surface area (Å²) in [7, 11) is 1.80. The molecule has 2 aromatic heterocycles. The molecule has 2 aromatic rings. The first-order valence-electron chi connectivity index (χ1n) is 8.18. The van der Waals surface area contributed by atoms with Crippen LogP contribution >= 0.6 is 0 Å². The lowest BCUT2D eigenvalue weighted by Gasteiger charge is -2.32. The third kappa shape index (κ3) is 3.30. The Labute approximate surface area is 145 Å². The fourth-order valence-electron chi connectivity index (χ4n) is 3.24. The van der Waals surface area contributed by atoms with E-state index in [-0.39, 0.29) is 18.9 Å². The first kappa shape index (κ1) is 17.2. The van der Waals surface area contributed by atoms with Crippen molar-refractivity contribution in [2.45, 2.75) is 26.4 Å². The molecule has 1 aliphatic rings. The number of morpholine rings is 1. The fraction of sp³-hybridized carbons (Fsp3) is 0.471. The maximum atomic E-state index is 13.0. The predicted octanol–water partition coefficient (Wildman–Crippen LogP) is 1.14. The van der Waals surface area contributed by atoms with Gasteiger partial charge in [-0.05, 0) is 26.0 Å². The number of hydrogen-bond acceptors (Lipinski definition) is 4. The maximum absolute atomic E-state index is 13.0. The monoisotopic (exact) mass is 346 g/mol. The lowest BCUT2D eigenvalue weighted by atomic mass is 10.2. The number of hydrogen-bond donors (Lipinski definition) is 1. The van der Waals surface area contributed by atoms with E-state index in [4.69, 9.17) is 9.84 Å². The number of nitrogens with zero attached hydrogens (tertiary/aromatic N) is 4. The minimum absolute atomic E-state index is 0.112. The molecule has 0 spiro atoms. The van der Waals surface area contributed by atoms with E-state index in [1.54, 1.807) is 22.8 Å². The van der Waals surface area contributed by atoms with E-state index in [1.807, 2.05) is 30.5 Å². The highest BCUT2D eigenvalue weighted by atomic mass is 16.5. The fourth-order valence-corrected chi connectivity index (χ4v) is 3.24. The summed E-state index contributed by atoms with van der Waals surface area (Å²) in [6.45, 7) is 4.99. The van der Waals surface area contributed by atoms with E-state index in [0.717, 1.165) is 11.4 Å². The van der Waals surface area contributed by atoms with E-state index < -0.39 is 12.1 Å². The Bertz CT molecular complexity index is 788. The van der Waals surface area contributed by atoms with Crippen LogP contribution in [0.2, 0.25) is 0 Å². The van der Waals surface area contributed by atoms with Gasteiger partial charge in [-0.3, -0.25) is 14.3 Å². The molecule has 1 unspecified atom stereocenters. The normalized spacial score (nSPS) is 17.7. The summed E-state index contributed by atoms with van der Waals surface area (Å²) >= 11 is 0. The Morgan fingerprint density at radius 2 is 2.00 bits per heavy atom. The number of aliphatic carboxylic acids is 1. The molecule has 8 nitrogen and oxygen atoms in total. The van der Waals surface area contributed by atoms with Crippen molar-refractivity contribution in [3.05, 3.63) is 35.3 Å². The molecule has 134 valence electrons. The van der Waals surface area contributed by atoms with Gasteiger partial charge in [0, 0.05) is 31.5 Å². The summed E-state index contributed by atoms with van der Waals surface area (Å²) in [6.07, 6.45) is 0.975. The van der Waals surface area contributed by atoms with Crippen molar-refractivity contribution in [2.75, 3.05) is 19.7 Å². The smallest absolute Gasteiger partial charge is 0.306 e. The molecule has 1 fully saturated rings. The predicted molar refractivity (Wildman–Crippen MR) is 89.9 cm³/mol. The van der Waals surface area contributed by atoms with Gasteiger partial charge < -0.3 is 19.3 Å². The molecule has 1 aliphatic heterocycles. The highest BCUT2D eigenvalue weighted by Crippen LogP contribution is 2.22. The zero-order valence-electron chi connectivity index (χ0n) is 14.6. The molecule has 0 bridgehead atoms. The van der Waals surface area contributed by atoms with Crippen LogP contribution < -0.4 is 0 Å². The number of carbonyl (C=O) groups is 2. The van der Waals surface area contributed by atoms with Crippen molar-refractivity contribution in [3.8, 4) is 5.82 Å². The van der Waals surface area contributed by atoms with Gasteiger partial charge in [0.2, 0.25) is 0 Å². The molecule has 0 aromatic carbocycles. The maximum Gasteiger partial charge on any atom is 0.306 e. The largest absolute Gasteiger partial charge is 0.481 e. The molecule has 0 saturated carbocycles. The number of aryl methyl sites for hydroxylation is 3. The van der Waals surface area contributed by atoms with Gasteiger partial charge >= 0.3 is 5.97 Å². The van der Waals surface area contributed by atoms with Crippen molar-refractivity contribution in [3.63, 3.8) is 0 Å². The van der Waals surface area contributed by atoms with Gasteiger partial charge in [-0.15, -0.1) is 0 Å². The third-order valence-corrected chi connectivity index (χ3v) is 4.45. The Balaban J connectivity index is 1.90. The molecule has 0 radical (unpaired) electrons. The third-order valence-electron chi connectivity index (χ3n) is 4.45. The molecule has 8 heteroatoms. The minimum Gasteiger partial charge on any atom is -0.481 e. The molecule has 0 aliphatic carbocycles. The standard InChI is InChI=1S/C17H22N4O4/c1-11-4-5-12(2)21(11)16-14(9-18-19(16)3)17(24)20-6-7-25-13(10-20)8-15(22)23/h4-5,9,13H,6-8,10H2,1-3H3,(H,22,23). The highest BCUT2D eigenvalue weighted by molar-refractivity contribution is 5.97. The number of carbonyl (C=O) groups excluding carboxylic acids is 1. The zero-order valence-corrected chi connectivity index (χ0v) is 14.6.